The number of nitro benzene ring substituents is 3. The molecule has 0 aliphatic rings. The van der Waals surface area contributed by atoms with Gasteiger partial charge in [-0.3, -0.25) is 41.5 Å². The van der Waals surface area contributed by atoms with E-state index in [9.17, 15) is 40.2 Å². The summed E-state index contributed by atoms with van der Waals surface area (Å²) in [5.74, 6) is 0.733. The molecule has 0 bridgehead atoms. The Labute approximate surface area is 584 Å². The second kappa shape index (κ2) is 54.6. The number of anilines is 1. The van der Waals surface area contributed by atoms with Crippen molar-refractivity contribution < 1.29 is 69.4 Å². The maximum atomic E-state index is 11.0. The molecule has 23 nitrogen and oxygen atoms in total. The second-order valence-electron chi connectivity index (χ2n) is 16.8. The molecule has 0 saturated carbocycles. The number of nitrogen functional groups attached to an aromatic ring is 1. The van der Waals surface area contributed by atoms with Gasteiger partial charge in [-0.05, 0) is 71.5 Å². The SMILES string of the molecule is CC.CC.CC.CCO.CSC(=N)N.CSc1n[c-]cc(-c2ccc([N+](=O)[O-])cc2)n1.Nc1ccc(-c2c[c-]nc(-c3ccccc3)n2)cc1.O=[C-]/C=C(\[O-])c1ccc([N+](=O)[O-])cc1.O=[N+]([O-])c1ccc(-c2c[c-]nc(-c3ccccc3)n2)cc1.OB(O)c1ccccc1.[Na+].[Rf].[Rf].[Rf].[Rf]. The number of nitrogens with zero attached hydrogens (tertiary/aromatic N) is 9. The smallest absolute Gasteiger partial charge is 0.953 e. The molecule has 0 aliphatic carbocycles. The van der Waals surface area contributed by atoms with E-state index in [-0.39, 0.29) is 64.0 Å². The first-order chi connectivity index (χ1) is 45.4. The molecule has 0 saturated heterocycles. The summed E-state index contributed by atoms with van der Waals surface area (Å²) in [6.45, 7) is 13.9. The van der Waals surface area contributed by atoms with Crippen molar-refractivity contribution in [2.24, 2.45) is 5.73 Å². The number of aromatic nitrogens is 6. The van der Waals surface area contributed by atoms with Crippen molar-refractivity contribution in [1.82, 2.24) is 29.9 Å². The van der Waals surface area contributed by atoms with Crippen molar-refractivity contribution in [2.45, 2.75) is 53.6 Å². The van der Waals surface area contributed by atoms with Crippen LogP contribution in [0.1, 0.15) is 54.0 Å². The predicted octanol–water partition coefficient (Wildman–Crippen LogP) is 9.38. The molecular weight excluding hydrogens is 2330 g/mol. The molecule has 0 amide bonds. The van der Waals surface area contributed by atoms with E-state index in [2.05, 4.69) is 48.5 Å². The van der Waals surface area contributed by atoms with Gasteiger partial charge in [0.1, 0.15) is 0 Å². The summed E-state index contributed by atoms with van der Waals surface area (Å²) in [7, 11) is -1.34. The van der Waals surface area contributed by atoms with Crippen LogP contribution in [-0.4, -0.2) is 97.5 Å². The minimum Gasteiger partial charge on any atom is -0.953 e. The number of carbonyl (C=O) groups excluding carboxylic acids is 1. The van der Waals surface area contributed by atoms with Gasteiger partial charge in [0, 0.05) is 60.3 Å². The van der Waals surface area contributed by atoms with Gasteiger partial charge in [-0.15, -0.1) is 23.8 Å². The number of rotatable bonds is 12. The maximum absolute atomic E-state index is 11.0. The van der Waals surface area contributed by atoms with E-state index in [1.165, 1.54) is 78.3 Å². The fourth-order valence-corrected chi connectivity index (χ4v) is 6.93. The second-order valence-corrected chi connectivity index (χ2v) is 18.5. The Kier molecular flexibility index (Phi) is 51.8. The Hall–Kier alpha value is -13.9. The summed E-state index contributed by atoms with van der Waals surface area (Å²) in [6.07, 6.45) is 14.2. The molecule has 8 N–H and O–H groups in total. The number of nitrogens with two attached hydrogens (primary N) is 2. The summed E-state index contributed by atoms with van der Waals surface area (Å²) in [4.78, 5) is 65.5. The zero-order valence-corrected chi connectivity index (χ0v) is 86.2. The van der Waals surface area contributed by atoms with Gasteiger partial charge in [0.2, 0.25) is 0 Å². The number of amidine groups is 1. The molecule has 3 aromatic heterocycles. The van der Waals surface area contributed by atoms with E-state index in [0.717, 1.165) is 45.3 Å². The Morgan fingerprint density at radius 3 is 1.14 bits per heavy atom. The Morgan fingerprint density at radius 1 is 0.545 bits per heavy atom. The molecule has 0 fully saturated rings. The summed E-state index contributed by atoms with van der Waals surface area (Å²) in [5, 5.41) is 74.5. The van der Waals surface area contributed by atoms with Gasteiger partial charge >= 0.3 is 36.7 Å². The number of aliphatic hydroxyl groups is 1. The molecule has 0 spiro atoms. The van der Waals surface area contributed by atoms with Crippen molar-refractivity contribution in [3.63, 3.8) is 0 Å². The molecule has 0 radical (unpaired) electrons. The normalized spacial score (nSPS) is 9.03. The molecule has 99 heavy (non-hydrogen) atoms. The number of nitro groups is 3. The van der Waals surface area contributed by atoms with Gasteiger partial charge in [0.25, 0.3) is 17.1 Å². The first kappa shape index (κ1) is 93.8. The van der Waals surface area contributed by atoms with Gasteiger partial charge in [0.05, 0.1) is 19.9 Å². The molecule has 0 atom stereocenters. The summed E-state index contributed by atoms with van der Waals surface area (Å²) >= 11 is 2.66. The van der Waals surface area contributed by atoms with Crippen molar-refractivity contribution in [3.05, 3.63) is 267 Å². The summed E-state index contributed by atoms with van der Waals surface area (Å²) in [6, 6.07) is 58.3. The van der Waals surface area contributed by atoms with Crippen molar-refractivity contribution >= 4 is 76.1 Å². The average Bonchev–Trinajstić information content (AvgIpc) is 0.866. The molecule has 0 unspecified atom stereocenters. The monoisotopic (exact) mass is 2400 g/mol. The fraction of sp³-hybridized carbons (Fsp3) is 0.147. The number of hydrogen-bond donors (Lipinski definition) is 6. The van der Waals surface area contributed by atoms with Crippen molar-refractivity contribution in [1.29, 1.82) is 5.41 Å². The topological polar surface area (TPSA) is 383 Å². The number of benzene rings is 7. The third kappa shape index (κ3) is 35.1. The number of aliphatic hydroxyl groups excluding tert-OH is 1. The quantitative estimate of drug-likeness (QED) is 0.00566. The van der Waals surface area contributed by atoms with Crippen LogP contribution >= 0.6 is 23.5 Å². The summed E-state index contributed by atoms with van der Waals surface area (Å²) in [5.41, 5.74) is 18.7. The van der Waals surface area contributed by atoms with Crippen LogP contribution in [0.3, 0.4) is 0 Å². The third-order valence-corrected chi connectivity index (χ3v) is 11.8. The minimum atomic E-state index is -1.34. The van der Waals surface area contributed by atoms with E-state index < -0.39 is 27.6 Å². The van der Waals surface area contributed by atoms with Gasteiger partial charge in [-0.1, -0.05) is 228 Å². The largest absolute Gasteiger partial charge is 1.00 e. The van der Waals surface area contributed by atoms with Crippen LogP contribution in [-0.2, 0) is 4.79 Å². The molecule has 10 aromatic rings. The van der Waals surface area contributed by atoms with Crippen LogP contribution in [0.25, 0.3) is 62.3 Å². The molecule has 3 heterocycles. The molecule has 7 aromatic carbocycles. The molecule has 498 valence electrons. The first-order valence-corrected chi connectivity index (χ1v) is 31.0. The van der Waals surface area contributed by atoms with Crippen LogP contribution < -0.4 is 51.6 Å². The molecule has 0 aliphatic heterocycles. The molecular formula is C68H72BN12NaO11Rf4S2-4. The van der Waals surface area contributed by atoms with E-state index >= 15 is 0 Å². The zero-order chi connectivity index (χ0) is 70.2. The van der Waals surface area contributed by atoms with Crippen molar-refractivity contribution in [3.8, 4) is 56.5 Å². The van der Waals surface area contributed by atoms with Gasteiger partial charge < -0.3 is 66.4 Å². The van der Waals surface area contributed by atoms with Gasteiger partial charge in [-0.25, -0.2) is 6.08 Å². The molecule has 10 rings (SSSR count). The number of nitrogens with one attached hydrogen (secondary N) is 1. The van der Waals surface area contributed by atoms with Crippen LogP contribution in [0.4, 0.5) is 22.7 Å². The Balaban J connectivity index is -0.000000356. The Bertz CT molecular complexity index is 3830. The fourth-order valence-electron chi connectivity index (χ4n) is 6.60. The maximum Gasteiger partial charge on any atom is 1.00 e. The standard InChI is InChI=1S/C16H10N3O2.C16H12N3.C11H8N3O2S.C9H6NO4.C6H7BO2.C2H6N2S.C2H6O.3C2H6.Na.4Rf/c20-19(21)14-8-6-12(7-9-14)15-10-11-17-16(18-15)13-4-2-1-3-5-13;17-14-8-6-12(7-9-14)15-10-11-18-16(19-15)13-4-2-1-3-5-13;1-17-11-12-7-6-10(13-11)8-2-4-9(5-3-8)14(15)16;11-6-5-9(12)7-1-3-8(4-2-7)10(13)14;8-7(9)6-4-2-1-3-5-6;1-5-2(3)4;1-2-3;3*1-2;;;;;/h1-10H;1-10H,17H2;2-6H,1H3;1-5,12H;1-5,8-9H;1H3,(H3,3,4);3H,2H2,1H3;3*1-2H3;;;;;/q4*-1;;;;;;;+1;;;;/p-1/b;;;9-5-;;;;;;;;;;;. The van der Waals surface area contributed by atoms with Crippen LogP contribution in [0.2, 0.25) is 0 Å². The number of non-ortho nitro benzene ring substituents is 3. The van der Waals surface area contributed by atoms with Crippen LogP contribution in [0.5, 0.6) is 0 Å². The number of allylic oxidation sites excluding steroid dienone is 1. The number of thioether (sulfide) groups is 2. The Morgan fingerprint density at radius 2 is 0.848 bits per heavy atom. The average molecular weight is 2400 g/mol. The third-order valence-electron chi connectivity index (χ3n) is 10.8. The van der Waals surface area contributed by atoms with E-state index in [1.807, 2.05) is 139 Å². The van der Waals surface area contributed by atoms with Crippen LogP contribution in [0.15, 0.2) is 217 Å². The minimum absolute atomic E-state index is 0. The van der Waals surface area contributed by atoms with Crippen molar-refractivity contribution in [2.75, 3.05) is 24.9 Å². The zero-order valence-electron chi connectivity index (χ0n) is 56.9. The van der Waals surface area contributed by atoms with E-state index in [1.54, 1.807) is 79.9 Å². The molecule has 31 heteroatoms. The summed E-state index contributed by atoms with van der Waals surface area (Å²) < 4.78 is 0. The van der Waals surface area contributed by atoms with Crippen LogP contribution in [0, 0.1) is 54.3 Å². The number of hydrogen-bond acceptors (Lipinski definition) is 21. The van der Waals surface area contributed by atoms with E-state index in [0.29, 0.717) is 33.7 Å². The van der Waals surface area contributed by atoms with Gasteiger partial charge in [-0.2, -0.15) is 11.8 Å². The predicted molar refractivity (Wildman–Crippen MR) is 375 cm³/mol. The van der Waals surface area contributed by atoms with Gasteiger partial charge in [0.15, 0.2) is 5.17 Å². The first-order valence-electron chi connectivity index (χ1n) is 28.6. The van der Waals surface area contributed by atoms with E-state index in [4.69, 9.17) is 32.0 Å².